The molecule has 1 rings (SSSR count). The van der Waals surface area contributed by atoms with E-state index in [0.717, 1.165) is 5.56 Å². The Kier molecular flexibility index (Phi) is 5.25. The third-order valence-electron chi connectivity index (χ3n) is 2.11. The molecular weight excluding hydrogens is 206 g/mol. The maximum absolute atomic E-state index is 9.80. The average Bonchev–Trinajstić information content (AvgIpc) is 2.26. The van der Waals surface area contributed by atoms with E-state index in [4.69, 9.17) is 9.84 Å². The Morgan fingerprint density at radius 2 is 2.00 bits per heavy atom. The summed E-state index contributed by atoms with van der Waals surface area (Å²) < 4.78 is 5.22. The first kappa shape index (κ1) is 13.0. The van der Waals surface area contributed by atoms with Crippen molar-refractivity contribution in [1.82, 2.24) is 4.90 Å². The van der Waals surface area contributed by atoms with Crippen LogP contribution >= 0.6 is 0 Å². The Morgan fingerprint density at radius 1 is 1.38 bits per heavy atom. The molecule has 1 unspecified atom stereocenters. The zero-order valence-electron chi connectivity index (χ0n) is 9.47. The van der Waals surface area contributed by atoms with Crippen LogP contribution in [0.15, 0.2) is 24.3 Å². The molecular formula is C12H18NO3. The smallest absolute Gasteiger partial charge is 0.119 e. The lowest BCUT2D eigenvalue weighted by molar-refractivity contribution is 0.144. The predicted octanol–water partition coefficient (Wildman–Crippen LogP) is 0.814. The number of rotatable bonds is 6. The molecule has 1 aromatic carbocycles. The Hall–Kier alpha value is -1.10. The second-order valence-corrected chi connectivity index (χ2v) is 3.70. The lowest BCUT2D eigenvalue weighted by Crippen LogP contribution is -2.18. The van der Waals surface area contributed by atoms with E-state index in [1.165, 1.54) is 0 Å². The maximum atomic E-state index is 9.80. The molecule has 1 atom stereocenters. The molecule has 89 valence electrons. The fourth-order valence-electron chi connectivity index (χ4n) is 1.35. The Labute approximate surface area is 96.1 Å². The second-order valence-electron chi connectivity index (χ2n) is 3.70. The van der Waals surface area contributed by atoms with Crippen LogP contribution < -0.4 is 4.74 Å². The molecule has 0 bridgehead atoms. The van der Waals surface area contributed by atoms with Crippen molar-refractivity contribution in [3.63, 3.8) is 0 Å². The third-order valence-corrected chi connectivity index (χ3v) is 2.11. The normalized spacial score (nSPS) is 12.8. The minimum Gasteiger partial charge on any atom is -0.491 e. The number of ether oxygens (including phenoxy) is 1. The summed E-state index contributed by atoms with van der Waals surface area (Å²) in [6.45, 7) is 0.761. The number of benzene rings is 1. The quantitative estimate of drug-likeness (QED) is 0.751. The molecule has 4 nitrogen and oxygen atoms in total. The molecule has 2 N–H and O–H groups in total. The largest absolute Gasteiger partial charge is 0.491 e. The zero-order chi connectivity index (χ0) is 12.0. The van der Waals surface area contributed by atoms with Gasteiger partial charge in [0.05, 0.1) is 12.7 Å². The van der Waals surface area contributed by atoms with Crippen molar-refractivity contribution < 1.29 is 14.9 Å². The van der Waals surface area contributed by atoms with Crippen LogP contribution in [-0.2, 0) is 0 Å². The summed E-state index contributed by atoms with van der Waals surface area (Å²) in [5.41, 5.74) is 0.826. The van der Waals surface area contributed by atoms with Crippen LogP contribution in [0.4, 0.5) is 0 Å². The van der Waals surface area contributed by atoms with Gasteiger partial charge < -0.3 is 19.8 Å². The Morgan fingerprint density at radius 3 is 2.50 bits per heavy atom. The SMILES string of the molecule is [CH2]N(C)CC(O)c1ccc(OCCO)cc1. The number of nitrogens with zero attached hydrogens (tertiary/aromatic N) is 1. The highest BCUT2D eigenvalue weighted by molar-refractivity contribution is 5.28. The van der Waals surface area contributed by atoms with Crippen LogP contribution in [0, 0.1) is 7.05 Å². The van der Waals surface area contributed by atoms with E-state index in [2.05, 4.69) is 7.05 Å². The molecule has 1 aromatic rings. The number of hydrogen-bond donors (Lipinski definition) is 2. The summed E-state index contributed by atoms with van der Waals surface area (Å²) >= 11 is 0. The van der Waals surface area contributed by atoms with Gasteiger partial charge in [-0.3, -0.25) is 0 Å². The molecule has 0 aliphatic rings. The molecule has 0 aromatic heterocycles. The molecule has 0 heterocycles. The molecule has 4 heteroatoms. The van der Waals surface area contributed by atoms with Crippen LogP contribution in [0.2, 0.25) is 0 Å². The van der Waals surface area contributed by atoms with E-state index in [9.17, 15) is 5.11 Å². The fraction of sp³-hybridized carbons (Fsp3) is 0.417. The summed E-state index contributed by atoms with van der Waals surface area (Å²) in [6.07, 6.45) is -0.547. The van der Waals surface area contributed by atoms with Crippen molar-refractivity contribution in [3.05, 3.63) is 36.9 Å². The molecule has 16 heavy (non-hydrogen) atoms. The van der Waals surface area contributed by atoms with E-state index < -0.39 is 6.10 Å². The number of aliphatic hydroxyl groups excluding tert-OH is 2. The van der Waals surface area contributed by atoms with Gasteiger partial charge in [-0.15, -0.1) is 0 Å². The van der Waals surface area contributed by atoms with Crippen molar-refractivity contribution in [2.75, 3.05) is 26.8 Å². The van der Waals surface area contributed by atoms with Crippen molar-refractivity contribution in [2.45, 2.75) is 6.10 Å². The fourth-order valence-corrected chi connectivity index (χ4v) is 1.35. The van der Waals surface area contributed by atoms with Gasteiger partial charge in [0, 0.05) is 13.6 Å². The van der Waals surface area contributed by atoms with Gasteiger partial charge in [0.25, 0.3) is 0 Å². The first-order chi connectivity index (χ1) is 7.63. The minimum atomic E-state index is -0.547. The summed E-state index contributed by atoms with van der Waals surface area (Å²) in [6, 6.07) is 7.16. The van der Waals surface area contributed by atoms with Crippen LogP contribution in [0.3, 0.4) is 0 Å². The van der Waals surface area contributed by atoms with Crippen molar-refractivity contribution >= 4 is 0 Å². The lowest BCUT2D eigenvalue weighted by atomic mass is 10.1. The van der Waals surface area contributed by atoms with Gasteiger partial charge in [-0.1, -0.05) is 12.1 Å². The molecule has 0 fully saturated rings. The van der Waals surface area contributed by atoms with Crippen LogP contribution in [0.1, 0.15) is 11.7 Å². The Balaban J connectivity index is 2.56. The van der Waals surface area contributed by atoms with E-state index in [1.54, 1.807) is 29.2 Å². The number of hydrogen-bond acceptors (Lipinski definition) is 4. The van der Waals surface area contributed by atoms with Gasteiger partial charge in [0.1, 0.15) is 12.4 Å². The van der Waals surface area contributed by atoms with Gasteiger partial charge >= 0.3 is 0 Å². The van der Waals surface area contributed by atoms with E-state index >= 15 is 0 Å². The van der Waals surface area contributed by atoms with Gasteiger partial charge in [-0.2, -0.15) is 0 Å². The van der Waals surface area contributed by atoms with Gasteiger partial charge in [-0.25, -0.2) is 0 Å². The highest BCUT2D eigenvalue weighted by Gasteiger charge is 2.08. The average molecular weight is 224 g/mol. The number of likely N-dealkylation sites (N-methyl/N-ethyl adjacent to an activating group) is 1. The maximum Gasteiger partial charge on any atom is 0.119 e. The second kappa shape index (κ2) is 6.48. The molecule has 0 saturated heterocycles. The lowest BCUT2D eigenvalue weighted by Gasteiger charge is -2.16. The van der Waals surface area contributed by atoms with Crippen LogP contribution in [0.5, 0.6) is 5.75 Å². The molecule has 0 amide bonds. The summed E-state index contributed by atoms with van der Waals surface area (Å²) in [7, 11) is 5.49. The van der Waals surface area contributed by atoms with Crippen molar-refractivity contribution in [2.24, 2.45) is 0 Å². The van der Waals surface area contributed by atoms with Crippen molar-refractivity contribution in [3.8, 4) is 5.75 Å². The third kappa shape index (κ3) is 4.18. The van der Waals surface area contributed by atoms with E-state index in [-0.39, 0.29) is 13.2 Å². The van der Waals surface area contributed by atoms with Crippen molar-refractivity contribution in [1.29, 1.82) is 0 Å². The van der Waals surface area contributed by atoms with Gasteiger partial charge in [0.15, 0.2) is 0 Å². The molecule has 0 aliphatic heterocycles. The van der Waals surface area contributed by atoms with Gasteiger partial charge in [0.2, 0.25) is 0 Å². The zero-order valence-corrected chi connectivity index (χ0v) is 9.47. The van der Waals surface area contributed by atoms with Crippen LogP contribution in [0.25, 0.3) is 0 Å². The summed E-state index contributed by atoms with van der Waals surface area (Å²) in [5, 5.41) is 18.4. The first-order valence-corrected chi connectivity index (χ1v) is 5.17. The summed E-state index contributed by atoms with van der Waals surface area (Å²) in [4.78, 5) is 1.68. The topological polar surface area (TPSA) is 52.9 Å². The Bertz CT molecular complexity index is 298. The highest BCUT2D eigenvalue weighted by atomic mass is 16.5. The van der Waals surface area contributed by atoms with Gasteiger partial charge in [-0.05, 0) is 24.7 Å². The monoisotopic (exact) mass is 224 g/mol. The molecule has 0 saturated carbocycles. The molecule has 1 radical (unpaired) electrons. The minimum absolute atomic E-state index is 0.00330. The molecule has 0 spiro atoms. The van der Waals surface area contributed by atoms with Crippen LogP contribution in [-0.4, -0.2) is 41.9 Å². The highest BCUT2D eigenvalue weighted by Crippen LogP contribution is 2.18. The summed E-state index contributed by atoms with van der Waals surface area (Å²) in [5.74, 6) is 0.688. The first-order valence-electron chi connectivity index (χ1n) is 5.17. The van der Waals surface area contributed by atoms with E-state index in [1.807, 2.05) is 7.05 Å². The predicted molar refractivity (Wildman–Crippen MR) is 62.0 cm³/mol. The molecule has 0 aliphatic carbocycles. The number of aliphatic hydroxyl groups is 2. The standard InChI is InChI=1S/C12H18NO3/c1-13(2)9-12(15)10-3-5-11(6-4-10)16-8-7-14/h3-6,12,14-15H,1,7-9H2,2H3. The van der Waals surface area contributed by atoms with E-state index in [0.29, 0.717) is 12.3 Å².